The van der Waals surface area contributed by atoms with E-state index in [0.717, 1.165) is 16.0 Å². The summed E-state index contributed by atoms with van der Waals surface area (Å²) in [6.07, 6.45) is -0.593. The van der Waals surface area contributed by atoms with Gasteiger partial charge in [0, 0.05) is 22.4 Å². The highest BCUT2D eigenvalue weighted by Crippen LogP contribution is 2.33. The van der Waals surface area contributed by atoms with Crippen LogP contribution in [0.1, 0.15) is 28.0 Å². The first kappa shape index (κ1) is 13.6. The zero-order valence-electron chi connectivity index (χ0n) is 10.1. The molecule has 2 unspecified atom stereocenters. The maximum absolute atomic E-state index is 10.5. The Bertz CT molecular complexity index is 513. The monoisotopic (exact) mass is 281 g/mol. The molecule has 4 heteroatoms. The number of hydrogen-bond acceptors (Lipinski definition) is 3. The second-order valence-corrected chi connectivity index (χ2v) is 5.70. The second kappa shape index (κ2) is 5.85. The lowest BCUT2D eigenvalue weighted by molar-refractivity contribution is 0.149. The molecule has 2 rings (SSSR count). The van der Waals surface area contributed by atoms with Crippen LogP contribution in [-0.4, -0.2) is 11.7 Å². The Morgan fingerprint density at radius 3 is 2.72 bits per heavy atom. The first-order valence-electron chi connectivity index (χ1n) is 5.81. The molecule has 0 spiro atoms. The van der Waals surface area contributed by atoms with Crippen LogP contribution in [0.4, 0.5) is 0 Å². The van der Waals surface area contributed by atoms with E-state index >= 15 is 0 Å². The van der Waals surface area contributed by atoms with Crippen molar-refractivity contribution in [2.45, 2.75) is 18.9 Å². The Balaban J connectivity index is 2.28. The molecule has 0 aliphatic heterocycles. The Hall–Kier alpha value is -0.870. The Morgan fingerprint density at radius 2 is 2.17 bits per heavy atom. The molecule has 0 radical (unpaired) electrons. The predicted molar refractivity (Wildman–Crippen MR) is 77.3 cm³/mol. The Kier molecular flexibility index (Phi) is 4.40. The summed E-state index contributed by atoms with van der Waals surface area (Å²) in [4.78, 5) is 1.11. The molecule has 0 fully saturated rings. The summed E-state index contributed by atoms with van der Waals surface area (Å²) in [5, 5.41) is 13.2. The highest BCUT2D eigenvalue weighted by Gasteiger charge is 2.22. The quantitative estimate of drug-likeness (QED) is 0.901. The lowest BCUT2D eigenvalue weighted by atomic mass is 9.93. The van der Waals surface area contributed by atoms with E-state index in [0.29, 0.717) is 11.6 Å². The first-order chi connectivity index (χ1) is 8.63. The molecule has 0 aliphatic carbocycles. The minimum Gasteiger partial charge on any atom is -0.388 e. The first-order valence-corrected chi connectivity index (χ1v) is 7.07. The van der Waals surface area contributed by atoms with Gasteiger partial charge >= 0.3 is 0 Å². The van der Waals surface area contributed by atoms with Gasteiger partial charge in [-0.05, 0) is 35.6 Å². The van der Waals surface area contributed by atoms with Crippen LogP contribution in [0, 0.1) is 6.92 Å². The summed E-state index contributed by atoms with van der Waals surface area (Å²) < 4.78 is 0. The van der Waals surface area contributed by atoms with Gasteiger partial charge in [0.25, 0.3) is 0 Å². The number of thiophene rings is 1. The van der Waals surface area contributed by atoms with Crippen molar-refractivity contribution in [3.8, 4) is 0 Å². The molecule has 2 atom stereocenters. The van der Waals surface area contributed by atoms with Crippen LogP contribution in [0.5, 0.6) is 0 Å². The highest BCUT2D eigenvalue weighted by molar-refractivity contribution is 7.10. The average Bonchev–Trinajstić information content (AvgIpc) is 2.87. The molecule has 2 nitrogen and oxygen atoms in total. The summed E-state index contributed by atoms with van der Waals surface area (Å²) in [7, 11) is 0. The molecule has 96 valence electrons. The summed E-state index contributed by atoms with van der Waals surface area (Å²) >= 11 is 7.61. The van der Waals surface area contributed by atoms with Gasteiger partial charge in [-0.1, -0.05) is 29.8 Å². The van der Waals surface area contributed by atoms with Crippen LogP contribution >= 0.6 is 22.9 Å². The van der Waals surface area contributed by atoms with E-state index in [1.807, 2.05) is 42.6 Å². The molecular formula is C14H16ClNOS. The molecular weight excluding hydrogens is 266 g/mol. The summed E-state index contributed by atoms with van der Waals surface area (Å²) in [5.41, 5.74) is 7.62. The maximum Gasteiger partial charge on any atom is 0.0878 e. The van der Waals surface area contributed by atoms with Crippen molar-refractivity contribution in [2.75, 3.05) is 6.54 Å². The molecule has 3 N–H and O–H groups in total. The minimum atomic E-state index is -0.593. The van der Waals surface area contributed by atoms with Crippen molar-refractivity contribution >= 4 is 22.9 Å². The fourth-order valence-electron chi connectivity index (χ4n) is 1.99. The normalized spacial score (nSPS) is 14.4. The van der Waals surface area contributed by atoms with Crippen molar-refractivity contribution in [2.24, 2.45) is 5.73 Å². The topological polar surface area (TPSA) is 46.2 Å². The summed E-state index contributed by atoms with van der Waals surface area (Å²) in [5.74, 6) is -0.0643. The van der Waals surface area contributed by atoms with Gasteiger partial charge in [0.2, 0.25) is 0 Å². The van der Waals surface area contributed by atoms with Crippen molar-refractivity contribution in [1.29, 1.82) is 0 Å². The van der Waals surface area contributed by atoms with Crippen LogP contribution < -0.4 is 5.73 Å². The van der Waals surface area contributed by atoms with E-state index in [1.54, 1.807) is 11.3 Å². The molecule has 0 saturated heterocycles. The van der Waals surface area contributed by atoms with E-state index < -0.39 is 6.10 Å². The van der Waals surface area contributed by atoms with Crippen LogP contribution in [0.25, 0.3) is 0 Å². The molecule has 1 aromatic carbocycles. The average molecular weight is 282 g/mol. The molecule has 2 aromatic rings. The van der Waals surface area contributed by atoms with Gasteiger partial charge in [0.05, 0.1) is 6.10 Å². The van der Waals surface area contributed by atoms with E-state index in [-0.39, 0.29) is 5.92 Å². The SMILES string of the molecule is Cc1cc(C(O)C(CN)c2cccs2)ccc1Cl. The Labute approximate surface area is 116 Å². The van der Waals surface area contributed by atoms with Crippen molar-refractivity contribution < 1.29 is 5.11 Å². The van der Waals surface area contributed by atoms with Gasteiger partial charge in [-0.15, -0.1) is 11.3 Å². The molecule has 18 heavy (non-hydrogen) atoms. The third-order valence-corrected chi connectivity index (χ3v) is 4.50. The lowest BCUT2D eigenvalue weighted by Gasteiger charge is -2.21. The standard InChI is InChI=1S/C14H16ClNOS/c1-9-7-10(4-5-12(9)15)14(17)11(8-16)13-3-2-6-18-13/h2-7,11,14,17H,8,16H2,1H3. The van der Waals surface area contributed by atoms with Crippen LogP contribution in [-0.2, 0) is 0 Å². The number of aliphatic hydroxyl groups excluding tert-OH is 1. The molecule has 0 saturated carbocycles. The number of nitrogens with two attached hydrogens (primary N) is 1. The number of benzene rings is 1. The van der Waals surface area contributed by atoms with Gasteiger partial charge in [0.15, 0.2) is 0 Å². The zero-order chi connectivity index (χ0) is 13.1. The van der Waals surface area contributed by atoms with Crippen molar-refractivity contribution in [1.82, 2.24) is 0 Å². The largest absolute Gasteiger partial charge is 0.388 e. The Morgan fingerprint density at radius 1 is 1.39 bits per heavy atom. The number of aryl methyl sites for hydroxylation is 1. The van der Waals surface area contributed by atoms with Gasteiger partial charge in [-0.25, -0.2) is 0 Å². The van der Waals surface area contributed by atoms with Crippen LogP contribution in [0.2, 0.25) is 5.02 Å². The minimum absolute atomic E-state index is 0.0643. The van der Waals surface area contributed by atoms with Gasteiger partial charge in [0.1, 0.15) is 0 Å². The highest BCUT2D eigenvalue weighted by atomic mass is 35.5. The second-order valence-electron chi connectivity index (χ2n) is 4.31. The maximum atomic E-state index is 10.5. The van der Waals surface area contributed by atoms with Crippen LogP contribution in [0.3, 0.4) is 0 Å². The fraction of sp³-hybridized carbons (Fsp3) is 0.286. The molecule has 0 bridgehead atoms. The van der Waals surface area contributed by atoms with Gasteiger partial charge in [-0.3, -0.25) is 0 Å². The lowest BCUT2D eigenvalue weighted by Crippen LogP contribution is -2.19. The number of hydrogen-bond donors (Lipinski definition) is 2. The zero-order valence-corrected chi connectivity index (χ0v) is 11.7. The van der Waals surface area contributed by atoms with Crippen molar-refractivity contribution in [3.63, 3.8) is 0 Å². The number of halogens is 1. The van der Waals surface area contributed by atoms with E-state index in [1.165, 1.54) is 0 Å². The van der Waals surface area contributed by atoms with E-state index in [2.05, 4.69) is 0 Å². The van der Waals surface area contributed by atoms with Crippen LogP contribution in [0.15, 0.2) is 35.7 Å². The third kappa shape index (κ3) is 2.75. The molecule has 1 aromatic heterocycles. The van der Waals surface area contributed by atoms with E-state index in [9.17, 15) is 5.11 Å². The summed E-state index contributed by atoms with van der Waals surface area (Å²) in [6, 6.07) is 9.58. The predicted octanol–water partition coefficient (Wildman–Crippen LogP) is 3.49. The molecule has 0 aliphatic rings. The molecule has 1 heterocycles. The van der Waals surface area contributed by atoms with Gasteiger partial charge in [-0.2, -0.15) is 0 Å². The van der Waals surface area contributed by atoms with E-state index in [4.69, 9.17) is 17.3 Å². The number of aliphatic hydroxyl groups is 1. The third-order valence-electron chi connectivity index (χ3n) is 3.07. The molecule has 0 amide bonds. The van der Waals surface area contributed by atoms with Gasteiger partial charge < -0.3 is 10.8 Å². The summed E-state index contributed by atoms with van der Waals surface area (Å²) in [6.45, 7) is 2.35. The smallest absolute Gasteiger partial charge is 0.0878 e. The number of rotatable bonds is 4. The van der Waals surface area contributed by atoms with Crippen molar-refractivity contribution in [3.05, 3.63) is 56.7 Å². The fourth-order valence-corrected chi connectivity index (χ4v) is 2.98.